The van der Waals surface area contributed by atoms with Crippen LogP contribution in [0.4, 0.5) is 0 Å². The normalized spacial score (nSPS) is 35.2. The second kappa shape index (κ2) is 24.8. The van der Waals surface area contributed by atoms with Crippen LogP contribution in [-0.4, -0.2) is 78.9 Å². The number of hydrogen-bond donors (Lipinski definition) is 8. The number of benzene rings is 4. The van der Waals surface area contributed by atoms with Crippen molar-refractivity contribution in [1.29, 1.82) is 0 Å². The molecule has 4 aromatic carbocycles. The van der Waals surface area contributed by atoms with E-state index in [1.807, 2.05) is 25.1 Å². The van der Waals surface area contributed by atoms with Crippen LogP contribution in [0, 0.1) is 81.8 Å². The van der Waals surface area contributed by atoms with Gasteiger partial charge < -0.3 is 51.4 Å². The number of cyclic esters (lactones) is 1. The number of rotatable bonds is 10. The fraction of sp³-hybridized carbons (Fsp3) is 0.532. The lowest BCUT2D eigenvalue weighted by Gasteiger charge is -2.56. The highest BCUT2D eigenvalue weighted by Gasteiger charge is 2.69. The maximum absolute atomic E-state index is 15.6. The Kier molecular flexibility index (Phi) is 16.8. The van der Waals surface area contributed by atoms with Crippen molar-refractivity contribution in [3.63, 3.8) is 0 Å². The van der Waals surface area contributed by atoms with Crippen LogP contribution in [0.15, 0.2) is 131 Å². The number of nitrogens with one attached hydrogen (secondary N) is 5. The molecular weight excluding hydrogens is 1110 g/mol. The number of hydrogen-bond acceptors (Lipinski definition) is 12. The molecule has 14 bridgehead atoms. The van der Waals surface area contributed by atoms with Gasteiger partial charge in [-0.25, -0.2) is 9.59 Å². The minimum Gasteiger partial charge on any atom is -0.508 e. The van der Waals surface area contributed by atoms with E-state index < -0.39 is 11.0 Å². The van der Waals surface area contributed by atoms with Gasteiger partial charge in [0.2, 0.25) is 0 Å². The first-order chi connectivity index (χ1) is 43.3. The molecule has 2 saturated heterocycles. The topological polar surface area (TPSA) is 173 Å². The molecule has 12 aliphatic rings. The van der Waals surface area contributed by atoms with Crippen LogP contribution in [0.2, 0.25) is 0 Å². The molecule has 1 spiro atoms. The predicted octanol–water partition coefficient (Wildman–Crippen LogP) is 11.5. The van der Waals surface area contributed by atoms with Crippen molar-refractivity contribution in [2.45, 2.75) is 148 Å². The monoisotopic (exact) mass is 1200 g/mol. The van der Waals surface area contributed by atoms with E-state index in [2.05, 4.69) is 138 Å². The van der Waals surface area contributed by atoms with Crippen LogP contribution < -0.4 is 26.6 Å². The zero-order valence-electron chi connectivity index (χ0n) is 52.8. The number of allylic oxidation sites excluding steroid dienone is 5. The number of β-amino-alcohol motifs (C(OH)–C–C–N with tert-alkyl or cyclic N) is 1. The van der Waals surface area contributed by atoms with Crippen molar-refractivity contribution in [3.8, 4) is 28.7 Å². The standard InChI is InChI=1S/C77H93N5O7/c1-5-29-79-42-51-32-48-25-30-80-41-49-14-10-16-52(34-49)57-19-18-56(84)38-61(57)68-58-23-28-77(65(89-74(86)71(68)77)37-46(6-2)31-47-12-8-7-9-13-47)70-59(58)20-21-60-64(88-73(85)69(60)70)24-27-76-40-55-35-50(44-83)15-11-26-75(3,87)45-82-72(54(33-48)36-51)67(55)62(76)22-17-53-43-81-66(78-4)39-63(53)76/h7-10,12-14,16,18-19,24,32-34,36-38,46,50,53,55,58-59,62-63,66-67,70,72,78-84,87H,5-6,17,20-23,25-31,35,39-45H2,1-4H3/b64-24-,65-37?/t46-,50+,53-,55-,58-,59+,62-,63-,66+,67+,70-,72-,75-,76+,77-/m1/s1. The molecule has 89 heavy (non-hydrogen) atoms. The number of fused-ring (bicyclic) bond motifs is 6. The van der Waals surface area contributed by atoms with Gasteiger partial charge in [0.05, 0.1) is 29.4 Å². The Morgan fingerprint density at radius 3 is 2.56 bits per heavy atom. The summed E-state index contributed by atoms with van der Waals surface area (Å²) >= 11 is 0. The van der Waals surface area contributed by atoms with Crippen LogP contribution in [0.25, 0.3) is 16.7 Å². The number of phenolic OH excluding ortho intramolecular Hbond substituents is 1. The molecule has 0 radical (unpaired) electrons. The minimum absolute atomic E-state index is 0.00699. The molecule has 6 aliphatic heterocycles. The molecule has 468 valence electrons. The number of carbonyl (C=O) groups excluding carboxylic acids is 2. The summed E-state index contributed by atoms with van der Waals surface area (Å²) in [6.45, 7) is 10.7. The van der Waals surface area contributed by atoms with E-state index in [1.54, 1.807) is 6.07 Å². The van der Waals surface area contributed by atoms with Crippen molar-refractivity contribution < 1.29 is 34.4 Å². The Bertz CT molecular complexity index is 3570. The van der Waals surface area contributed by atoms with Crippen LogP contribution >= 0.6 is 0 Å². The first-order valence-electron chi connectivity index (χ1n) is 34.1. The SMILES string of the molecule is CCCNCc1cc2cc(c1)[C@H]1NC[C@](C)(O)CC#C[C@H](CO)C[C@@H]3C[C@]4(C/C=C5\OC(=O)C6=C5CC[C@H]5[C@H]7CC[C@@]8(C(=C[C@H](CC)Cc9ccccc9)OC(=O)C8=C7c7cc(O)ccc7-c7cccc(c7)CNCC2)[C@@H]65)[C@@H]2C[C@@H](NC)NC[C@H]2CC[C@@H]4[C@H]31. The molecule has 12 heteroatoms. The molecule has 8 N–H and O–H groups in total. The van der Waals surface area contributed by atoms with Gasteiger partial charge in [-0.15, -0.1) is 0 Å². The largest absolute Gasteiger partial charge is 0.508 e. The molecular formula is C77H93N5O7. The first kappa shape index (κ1) is 60.4. The highest BCUT2D eigenvalue weighted by molar-refractivity contribution is 6.07. The summed E-state index contributed by atoms with van der Waals surface area (Å²) in [7, 11) is 2.07. The van der Waals surface area contributed by atoms with Gasteiger partial charge in [-0.05, 0) is 257 Å². The van der Waals surface area contributed by atoms with Gasteiger partial charge in [0.15, 0.2) is 0 Å². The van der Waals surface area contributed by atoms with Crippen molar-refractivity contribution in [3.05, 3.63) is 165 Å². The van der Waals surface area contributed by atoms with Crippen LogP contribution in [0.1, 0.15) is 144 Å². The number of esters is 2. The lowest BCUT2D eigenvalue weighted by atomic mass is 9.44. The van der Waals surface area contributed by atoms with Gasteiger partial charge in [-0.3, -0.25) is 0 Å². The van der Waals surface area contributed by atoms with Gasteiger partial charge in [0.1, 0.15) is 17.3 Å². The van der Waals surface area contributed by atoms with Gasteiger partial charge in [0, 0.05) is 55.1 Å². The average molecular weight is 1200 g/mol. The molecule has 3 saturated carbocycles. The van der Waals surface area contributed by atoms with Crippen molar-refractivity contribution in [2.24, 2.45) is 70.0 Å². The third kappa shape index (κ3) is 11.0. The van der Waals surface area contributed by atoms with Crippen LogP contribution in [0.5, 0.6) is 5.75 Å². The van der Waals surface area contributed by atoms with Crippen molar-refractivity contribution >= 4 is 17.5 Å². The van der Waals surface area contributed by atoms with E-state index in [0.29, 0.717) is 61.3 Å². The van der Waals surface area contributed by atoms with E-state index in [4.69, 9.17) is 9.47 Å². The van der Waals surface area contributed by atoms with E-state index in [9.17, 15) is 15.3 Å². The maximum Gasteiger partial charge on any atom is 0.340 e. The number of aliphatic hydroxyl groups is 2. The summed E-state index contributed by atoms with van der Waals surface area (Å²) in [5, 5.41) is 54.3. The lowest BCUT2D eigenvalue weighted by molar-refractivity contribution is -0.135. The van der Waals surface area contributed by atoms with Gasteiger partial charge >= 0.3 is 11.9 Å². The highest BCUT2D eigenvalue weighted by atomic mass is 16.6. The molecule has 4 aromatic rings. The van der Waals surface area contributed by atoms with E-state index >= 15 is 9.59 Å². The predicted molar refractivity (Wildman–Crippen MR) is 348 cm³/mol. The van der Waals surface area contributed by atoms with E-state index in [0.717, 1.165) is 142 Å². The van der Waals surface area contributed by atoms with E-state index in [1.165, 1.54) is 22.3 Å². The number of phenols is 1. The zero-order chi connectivity index (χ0) is 61.2. The number of piperidine rings is 1. The fourth-order valence-corrected chi connectivity index (χ4v) is 19.8. The first-order valence-corrected chi connectivity index (χ1v) is 34.1. The molecule has 12 nitrogen and oxygen atoms in total. The summed E-state index contributed by atoms with van der Waals surface area (Å²) in [6, 6.07) is 32.1. The second-order valence-electron chi connectivity index (χ2n) is 28.8. The van der Waals surface area contributed by atoms with E-state index in [-0.39, 0.29) is 89.3 Å². The zero-order valence-corrected chi connectivity index (χ0v) is 52.8. The lowest BCUT2D eigenvalue weighted by Crippen LogP contribution is -2.57. The quantitative estimate of drug-likeness (QED) is 0.0430. The molecule has 0 aromatic heterocycles. The molecule has 16 rings (SSSR count). The van der Waals surface area contributed by atoms with Crippen molar-refractivity contribution in [1.82, 2.24) is 26.6 Å². The summed E-state index contributed by atoms with van der Waals surface area (Å²) in [4.78, 5) is 31.1. The molecule has 0 unspecified atom stereocenters. The van der Waals surface area contributed by atoms with Gasteiger partial charge in [-0.2, -0.15) is 0 Å². The Hall–Kier alpha value is -6.14. The number of carbonyl (C=O) groups is 2. The number of aromatic hydroxyl groups is 1. The Balaban J connectivity index is 0.970. The summed E-state index contributed by atoms with van der Waals surface area (Å²) in [5.41, 5.74) is 10.0. The maximum atomic E-state index is 15.6. The average Bonchev–Trinajstić information content (AvgIpc) is 1.61. The van der Waals surface area contributed by atoms with Gasteiger partial charge in [0.25, 0.3) is 0 Å². The highest BCUT2D eigenvalue weighted by Crippen LogP contribution is 2.73. The molecule has 6 aliphatic carbocycles. The summed E-state index contributed by atoms with van der Waals surface area (Å²) < 4.78 is 13.7. The molecule has 15 atom stereocenters. The minimum atomic E-state index is -1.10. The summed E-state index contributed by atoms with van der Waals surface area (Å²) in [5.74, 6) is 8.55. The molecule has 0 amide bonds. The number of ether oxygens (including phenoxy) is 2. The Labute approximate surface area is 527 Å². The van der Waals surface area contributed by atoms with Crippen molar-refractivity contribution in [2.75, 3.05) is 39.8 Å². The van der Waals surface area contributed by atoms with Crippen LogP contribution in [-0.2, 0) is 45.0 Å². The van der Waals surface area contributed by atoms with Gasteiger partial charge in [-0.1, -0.05) is 98.5 Å². The summed E-state index contributed by atoms with van der Waals surface area (Å²) in [6.07, 6.45) is 17.1. The number of aliphatic hydroxyl groups excluding tert-OH is 1. The smallest absolute Gasteiger partial charge is 0.340 e. The fourth-order valence-electron chi connectivity index (χ4n) is 19.8. The Morgan fingerprint density at radius 2 is 1.73 bits per heavy atom. The molecule has 6 heterocycles. The Morgan fingerprint density at radius 1 is 0.854 bits per heavy atom. The molecule has 5 fully saturated rings. The van der Waals surface area contributed by atoms with Crippen LogP contribution in [0.3, 0.4) is 0 Å². The third-order valence-electron chi connectivity index (χ3n) is 23.6. The third-order valence-corrected chi connectivity index (χ3v) is 23.6. The second-order valence-corrected chi connectivity index (χ2v) is 28.8.